The molecule has 0 spiro atoms. The molecule has 0 fully saturated rings. The van der Waals surface area contributed by atoms with Crippen molar-refractivity contribution in [2.45, 2.75) is 26.3 Å². The number of hydrogen-bond acceptors (Lipinski definition) is 1. The van der Waals surface area contributed by atoms with Crippen LogP contribution in [-0.4, -0.2) is 10.4 Å². The molecular formula is C15H16BrNO. The largest absolute Gasteiger partial charge is 0.349 e. The summed E-state index contributed by atoms with van der Waals surface area (Å²) in [5, 5.41) is 0. The van der Waals surface area contributed by atoms with Crippen LogP contribution in [-0.2, 0) is 6.54 Å². The molecule has 0 unspecified atom stereocenters. The molecule has 0 atom stereocenters. The van der Waals surface area contributed by atoms with Crippen LogP contribution in [0, 0.1) is 0 Å². The predicted molar refractivity (Wildman–Crippen MR) is 76.9 cm³/mol. The van der Waals surface area contributed by atoms with Crippen molar-refractivity contribution in [3.8, 4) is 0 Å². The van der Waals surface area contributed by atoms with Gasteiger partial charge in [-0.1, -0.05) is 35.0 Å². The van der Waals surface area contributed by atoms with Crippen LogP contribution in [0.25, 0.3) is 0 Å². The minimum Gasteiger partial charge on any atom is -0.349 e. The average Bonchev–Trinajstić information content (AvgIpc) is 2.78. The average molecular weight is 306 g/mol. The van der Waals surface area contributed by atoms with E-state index in [1.807, 2.05) is 42.1 Å². The highest BCUT2D eigenvalue weighted by Gasteiger charge is 2.06. The van der Waals surface area contributed by atoms with Crippen LogP contribution in [0.15, 0.2) is 47.2 Å². The van der Waals surface area contributed by atoms with Gasteiger partial charge in [0.15, 0.2) is 5.78 Å². The molecule has 0 radical (unpaired) electrons. The highest BCUT2D eigenvalue weighted by molar-refractivity contribution is 9.10. The van der Waals surface area contributed by atoms with Gasteiger partial charge < -0.3 is 4.57 Å². The number of hydrogen-bond donors (Lipinski definition) is 0. The first-order valence-electron chi connectivity index (χ1n) is 6.12. The molecule has 0 saturated heterocycles. The van der Waals surface area contributed by atoms with Crippen molar-refractivity contribution in [2.75, 3.05) is 0 Å². The summed E-state index contributed by atoms with van der Waals surface area (Å²) >= 11 is 3.46. The Hall–Kier alpha value is -1.35. The van der Waals surface area contributed by atoms with Gasteiger partial charge in [-0.15, -0.1) is 0 Å². The Morgan fingerprint density at radius 2 is 2.17 bits per heavy atom. The highest BCUT2D eigenvalue weighted by atomic mass is 79.9. The van der Waals surface area contributed by atoms with E-state index in [2.05, 4.69) is 28.1 Å². The van der Waals surface area contributed by atoms with E-state index in [-0.39, 0.29) is 5.78 Å². The summed E-state index contributed by atoms with van der Waals surface area (Å²) in [6.07, 6.45) is 5.42. The van der Waals surface area contributed by atoms with Gasteiger partial charge in [0.2, 0.25) is 0 Å². The molecule has 94 valence electrons. The van der Waals surface area contributed by atoms with E-state index in [0.717, 1.165) is 23.0 Å². The maximum absolute atomic E-state index is 11.7. The fourth-order valence-electron chi connectivity index (χ4n) is 1.92. The van der Waals surface area contributed by atoms with E-state index in [9.17, 15) is 4.79 Å². The fourth-order valence-corrected chi connectivity index (χ4v) is 2.37. The molecule has 3 heteroatoms. The molecule has 2 rings (SSSR count). The zero-order valence-electron chi connectivity index (χ0n) is 10.4. The third-order valence-electron chi connectivity index (χ3n) is 2.80. The number of aromatic nitrogens is 1. The molecule has 0 bridgehead atoms. The second kappa shape index (κ2) is 6.01. The molecule has 1 aromatic carbocycles. The maximum atomic E-state index is 11.7. The summed E-state index contributed by atoms with van der Waals surface area (Å²) in [7, 11) is 0. The summed E-state index contributed by atoms with van der Waals surface area (Å²) < 4.78 is 3.12. The number of halogens is 1. The SMILES string of the molecule is CCCC(=O)c1ccn(Cc2cccc(Br)c2)c1. The predicted octanol–water partition coefficient (Wildman–Crippen LogP) is 4.28. The third-order valence-corrected chi connectivity index (χ3v) is 3.30. The minimum absolute atomic E-state index is 0.227. The van der Waals surface area contributed by atoms with Gasteiger partial charge in [0.05, 0.1) is 0 Å². The van der Waals surface area contributed by atoms with Gasteiger partial charge in [-0.2, -0.15) is 0 Å². The molecule has 0 aliphatic rings. The smallest absolute Gasteiger partial charge is 0.164 e. The van der Waals surface area contributed by atoms with Gasteiger partial charge in [0, 0.05) is 35.4 Å². The number of ketones is 1. The van der Waals surface area contributed by atoms with Crippen LogP contribution in [0.3, 0.4) is 0 Å². The van der Waals surface area contributed by atoms with E-state index >= 15 is 0 Å². The fraction of sp³-hybridized carbons (Fsp3) is 0.267. The van der Waals surface area contributed by atoms with Crippen LogP contribution >= 0.6 is 15.9 Å². The molecular weight excluding hydrogens is 290 g/mol. The Morgan fingerprint density at radius 1 is 1.33 bits per heavy atom. The Bertz CT molecular complexity index is 545. The monoisotopic (exact) mass is 305 g/mol. The second-order valence-corrected chi connectivity index (χ2v) is 5.29. The number of benzene rings is 1. The summed E-state index contributed by atoms with van der Waals surface area (Å²) in [4.78, 5) is 11.7. The van der Waals surface area contributed by atoms with E-state index < -0.39 is 0 Å². The standard InChI is InChI=1S/C15H16BrNO/c1-2-4-15(18)13-7-8-17(11-13)10-12-5-3-6-14(16)9-12/h3,5-9,11H,2,4,10H2,1H3. The number of rotatable bonds is 5. The van der Waals surface area contributed by atoms with Crippen LogP contribution in [0.4, 0.5) is 0 Å². The minimum atomic E-state index is 0.227. The Kier molecular flexibility index (Phi) is 4.37. The molecule has 0 saturated carbocycles. The van der Waals surface area contributed by atoms with Crippen LogP contribution in [0.2, 0.25) is 0 Å². The lowest BCUT2D eigenvalue weighted by Crippen LogP contribution is -1.98. The molecule has 0 aliphatic heterocycles. The van der Waals surface area contributed by atoms with Crippen molar-refractivity contribution in [3.63, 3.8) is 0 Å². The Labute approximate surface area is 116 Å². The molecule has 2 aromatic rings. The molecule has 1 aromatic heterocycles. The molecule has 2 nitrogen and oxygen atoms in total. The van der Waals surface area contributed by atoms with Crippen molar-refractivity contribution in [1.29, 1.82) is 0 Å². The molecule has 18 heavy (non-hydrogen) atoms. The number of carbonyl (C=O) groups is 1. The van der Waals surface area contributed by atoms with Crippen LogP contribution in [0.1, 0.15) is 35.7 Å². The van der Waals surface area contributed by atoms with Crippen LogP contribution in [0.5, 0.6) is 0 Å². The van der Waals surface area contributed by atoms with Crippen LogP contribution < -0.4 is 0 Å². The zero-order valence-corrected chi connectivity index (χ0v) is 12.0. The summed E-state index contributed by atoms with van der Waals surface area (Å²) in [6, 6.07) is 10.1. The van der Waals surface area contributed by atoms with E-state index in [0.29, 0.717) is 6.42 Å². The summed E-state index contributed by atoms with van der Waals surface area (Å²) in [6.45, 7) is 2.81. The zero-order chi connectivity index (χ0) is 13.0. The molecule has 1 heterocycles. The first-order chi connectivity index (χ1) is 8.69. The van der Waals surface area contributed by atoms with Gasteiger partial charge in [0.1, 0.15) is 0 Å². The lowest BCUT2D eigenvalue weighted by molar-refractivity contribution is 0.0981. The normalized spacial score (nSPS) is 10.6. The van der Waals surface area contributed by atoms with E-state index in [1.54, 1.807) is 0 Å². The first kappa shape index (κ1) is 13.1. The highest BCUT2D eigenvalue weighted by Crippen LogP contribution is 2.14. The molecule has 0 N–H and O–H groups in total. The van der Waals surface area contributed by atoms with Crippen molar-refractivity contribution in [3.05, 3.63) is 58.3 Å². The topological polar surface area (TPSA) is 22.0 Å². The number of Topliss-reactive ketones (excluding diaryl/α,β-unsaturated/α-hetero) is 1. The Balaban J connectivity index is 2.09. The maximum Gasteiger partial charge on any atom is 0.164 e. The van der Waals surface area contributed by atoms with Gasteiger partial charge in [-0.3, -0.25) is 4.79 Å². The quantitative estimate of drug-likeness (QED) is 0.756. The van der Waals surface area contributed by atoms with Gasteiger partial charge >= 0.3 is 0 Å². The Morgan fingerprint density at radius 3 is 2.89 bits per heavy atom. The van der Waals surface area contributed by atoms with Gasteiger partial charge in [-0.05, 0) is 30.2 Å². The third kappa shape index (κ3) is 3.33. The van der Waals surface area contributed by atoms with Crippen molar-refractivity contribution >= 4 is 21.7 Å². The van der Waals surface area contributed by atoms with Crippen molar-refractivity contribution < 1.29 is 4.79 Å². The second-order valence-electron chi connectivity index (χ2n) is 4.38. The molecule has 0 aliphatic carbocycles. The van der Waals surface area contributed by atoms with Gasteiger partial charge in [-0.25, -0.2) is 0 Å². The number of carbonyl (C=O) groups excluding carboxylic acids is 1. The first-order valence-corrected chi connectivity index (χ1v) is 6.91. The van der Waals surface area contributed by atoms with Gasteiger partial charge in [0.25, 0.3) is 0 Å². The van der Waals surface area contributed by atoms with E-state index in [1.165, 1.54) is 5.56 Å². The summed E-state index contributed by atoms with van der Waals surface area (Å²) in [5.74, 6) is 0.227. The summed E-state index contributed by atoms with van der Waals surface area (Å²) in [5.41, 5.74) is 2.03. The number of nitrogens with zero attached hydrogens (tertiary/aromatic N) is 1. The van der Waals surface area contributed by atoms with Crippen molar-refractivity contribution in [2.24, 2.45) is 0 Å². The lowest BCUT2D eigenvalue weighted by atomic mass is 10.1. The molecule has 0 amide bonds. The van der Waals surface area contributed by atoms with Crippen molar-refractivity contribution in [1.82, 2.24) is 4.57 Å². The lowest BCUT2D eigenvalue weighted by Gasteiger charge is -2.03. The van der Waals surface area contributed by atoms with E-state index in [4.69, 9.17) is 0 Å².